The summed E-state index contributed by atoms with van der Waals surface area (Å²) in [5, 5.41) is 3.16. The molecule has 19 heavy (non-hydrogen) atoms. The third kappa shape index (κ3) is 3.44. The first-order valence-electron chi connectivity index (χ1n) is 6.89. The van der Waals surface area contributed by atoms with E-state index in [-0.39, 0.29) is 16.8 Å². The molecule has 0 heterocycles. The quantitative estimate of drug-likeness (QED) is 0.715. The summed E-state index contributed by atoms with van der Waals surface area (Å²) in [5.41, 5.74) is 12.2. The number of hydrogen-bond donors (Lipinski definition) is 3. The molecular formula is C14H21ClFN3. The molecule has 0 radical (unpaired) electrons. The SMILES string of the molecule is Nc1cc(N)c(NC2CCCCCCC2)c(F)c1Cl. The molecule has 1 aromatic carbocycles. The van der Waals surface area contributed by atoms with Gasteiger partial charge in [-0.2, -0.15) is 0 Å². The zero-order valence-corrected chi connectivity index (χ0v) is 11.8. The number of benzene rings is 1. The standard InChI is InChI=1S/C14H21ClFN3/c15-12-10(17)8-11(18)14(13(12)16)19-9-6-4-2-1-3-5-7-9/h8-9,19H,1-7,17-18H2. The van der Waals surface area contributed by atoms with Crippen LogP contribution in [0.15, 0.2) is 6.07 Å². The van der Waals surface area contributed by atoms with Crippen molar-refractivity contribution < 1.29 is 4.39 Å². The molecule has 0 spiro atoms. The van der Waals surface area contributed by atoms with E-state index in [2.05, 4.69) is 5.32 Å². The van der Waals surface area contributed by atoms with Gasteiger partial charge in [-0.1, -0.05) is 43.7 Å². The summed E-state index contributed by atoms with van der Waals surface area (Å²) in [6.07, 6.45) is 8.22. The van der Waals surface area contributed by atoms with Crippen LogP contribution in [-0.4, -0.2) is 6.04 Å². The molecule has 0 amide bonds. The van der Waals surface area contributed by atoms with E-state index in [1.807, 2.05) is 0 Å². The van der Waals surface area contributed by atoms with E-state index in [0.29, 0.717) is 11.4 Å². The highest BCUT2D eigenvalue weighted by atomic mass is 35.5. The summed E-state index contributed by atoms with van der Waals surface area (Å²) in [6.45, 7) is 0. The largest absolute Gasteiger partial charge is 0.397 e. The Kier molecular flexibility index (Phi) is 4.75. The Labute approximate surface area is 118 Å². The first-order chi connectivity index (χ1) is 9.09. The Morgan fingerprint density at radius 2 is 1.63 bits per heavy atom. The van der Waals surface area contributed by atoms with Gasteiger partial charge in [-0.05, 0) is 18.9 Å². The van der Waals surface area contributed by atoms with E-state index in [9.17, 15) is 4.39 Å². The molecule has 0 unspecified atom stereocenters. The molecule has 0 saturated heterocycles. The minimum atomic E-state index is -0.541. The maximum Gasteiger partial charge on any atom is 0.169 e. The van der Waals surface area contributed by atoms with Gasteiger partial charge < -0.3 is 16.8 Å². The molecule has 0 aromatic heterocycles. The van der Waals surface area contributed by atoms with Crippen LogP contribution in [0.3, 0.4) is 0 Å². The fraction of sp³-hybridized carbons (Fsp3) is 0.571. The Morgan fingerprint density at radius 1 is 1.05 bits per heavy atom. The lowest BCUT2D eigenvalue weighted by atomic mass is 9.96. The van der Waals surface area contributed by atoms with E-state index in [1.54, 1.807) is 0 Å². The number of anilines is 3. The van der Waals surface area contributed by atoms with Crippen LogP contribution in [0.2, 0.25) is 5.02 Å². The number of nitrogens with one attached hydrogen (secondary N) is 1. The molecule has 0 bridgehead atoms. The molecule has 2 rings (SSSR count). The molecule has 106 valence electrons. The normalized spacial score (nSPS) is 17.8. The van der Waals surface area contributed by atoms with Crippen molar-refractivity contribution in [2.24, 2.45) is 0 Å². The minimum Gasteiger partial charge on any atom is -0.397 e. The molecule has 5 heteroatoms. The monoisotopic (exact) mass is 285 g/mol. The molecule has 1 saturated carbocycles. The van der Waals surface area contributed by atoms with E-state index in [0.717, 1.165) is 12.8 Å². The lowest BCUT2D eigenvalue weighted by molar-refractivity contribution is 0.470. The summed E-state index contributed by atoms with van der Waals surface area (Å²) in [5.74, 6) is -0.541. The van der Waals surface area contributed by atoms with Crippen molar-refractivity contribution in [3.05, 3.63) is 16.9 Å². The smallest absolute Gasteiger partial charge is 0.169 e. The Bertz CT molecular complexity index is 443. The molecule has 1 aromatic rings. The van der Waals surface area contributed by atoms with Gasteiger partial charge in [0.2, 0.25) is 0 Å². The maximum atomic E-state index is 14.1. The highest BCUT2D eigenvalue weighted by Gasteiger charge is 2.18. The molecule has 3 nitrogen and oxygen atoms in total. The summed E-state index contributed by atoms with van der Waals surface area (Å²) < 4.78 is 14.1. The molecule has 1 aliphatic rings. The van der Waals surface area contributed by atoms with Crippen molar-refractivity contribution >= 4 is 28.7 Å². The third-order valence-electron chi connectivity index (χ3n) is 3.72. The average Bonchev–Trinajstić information content (AvgIpc) is 2.34. The number of hydrogen-bond acceptors (Lipinski definition) is 3. The van der Waals surface area contributed by atoms with E-state index < -0.39 is 5.82 Å². The van der Waals surface area contributed by atoms with Crippen LogP contribution < -0.4 is 16.8 Å². The van der Waals surface area contributed by atoms with Crippen molar-refractivity contribution in [1.29, 1.82) is 0 Å². The summed E-state index contributed by atoms with van der Waals surface area (Å²) >= 11 is 5.84. The van der Waals surface area contributed by atoms with Crippen LogP contribution in [0.1, 0.15) is 44.9 Å². The van der Waals surface area contributed by atoms with Crippen LogP contribution in [0, 0.1) is 5.82 Å². The van der Waals surface area contributed by atoms with E-state index >= 15 is 0 Å². The third-order valence-corrected chi connectivity index (χ3v) is 4.10. The first kappa shape index (κ1) is 14.3. The summed E-state index contributed by atoms with van der Waals surface area (Å²) in [6, 6.07) is 1.77. The second-order valence-electron chi connectivity index (χ2n) is 5.24. The number of nitrogens with two attached hydrogens (primary N) is 2. The summed E-state index contributed by atoms with van der Waals surface area (Å²) in [7, 11) is 0. The lowest BCUT2D eigenvalue weighted by Crippen LogP contribution is -2.22. The van der Waals surface area contributed by atoms with Gasteiger partial charge in [-0.25, -0.2) is 4.39 Å². The van der Waals surface area contributed by atoms with Gasteiger partial charge in [0, 0.05) is 6.04 Å². The highest BCUT2D eigenvalue weighted by Crippen LogP contribution is 2.35. The van der Waals surface area contributed by atoms with Crippen molar-refractivity contribution in [2.45, 2.75) is 51.0 Å². The maximum absolute atomic E-state index is 14.1. The van der Waals surface area contributed by atoms with Gasteiger partial charge in [0.05, 0.1) is 17.1 Å². The van der Waals surface area contributed by atoms with Crippen molar-refractivity contribution in [1.82, 2.24) is 0 Å². The van der Waals surface area contributed by atoms with Crippen LogP contribution in [0.5, 0.6) is 0 Å². The fourth-order valence-corrected chi connectivity index (χ4v) is 2.77. The van der Waals surface area contributed by atoms with Crippen LogP contribution in [0.25, 0.3) is 0 Å². The van der Waals surface area contributed by atoms with Gasteiger partial charge in [0.1, 0.15) is 5.02 Å². The molecule has 1 aliphatic carbocycles. The van der Waals surface area contributed by atoms with Gasteiger partial charge in [0.25, 0.3) is 0 Å². The minimum absolute atomic E-state index is 0.0532. The average molecular weight is 286 g/mol. The van der Waals surface area contributed by atoms with Gasteiger partial charge in [-0.3, -0.25) is 0 Å². The van der Waals surface area contributed by atoms with Crippen molar-refractivity contribution in [2.75, 3.05) is 16.8 Å². The van der Waals surface area contributed by atoms with Gasteiger partial charge in [0.15, 0.2) is 5.82 Å². The lowest BCUT2D eigenvalue weighted by Gasteiger charge is -2.23. The summed E-state index contributed by atoms with van der Waals surface area (Å²) in [4.78, 5) is 0. The second kappa shape index (κ2) is 6.33. The molecule has 0 atom stereocenters. The predicted octanol–water partition coefficient (Wildman–Crippen LogP) is 4.17. The number of nitrogen functional groups attached to an aromatic ring is 2. The molecule has 0 aliphatic heterocycles. The van der Waals surface area contributed by atoms with E-state index in [1.165, 1.54) is 38.2 Å². The number of halogens is 2. The fourth-order valence-electron chi connectivity index (χ4n) is 2.62. The topological polar surface area (TPSA) is 64.1 Å². The molecule has 5 N–H and O–H groups in total. The highest BCUT2D eigenvalue weighted by molar-refractivity contribution is 6.33. The van der Waals surface area contributed by atoms with Crippen molar-refractivity contribution in [3.8, 4) is 0 Å². The Hall–Kier alpha value is -1.16. The zero-order valence-electron chi connectivity index (χ0n) is 11.0. The molecule has 1 fully saturated rings. The second-order valence-corrected chi connectivity index (χ2v) is 5.62. The molecular weight excluding hydrogens is 265 g/mol. The van der Waals surface area contributed by atoms with Crippen molar-refractivity contribution in [3.63, 3.8) is 0 Å². The van der Waals surface area contributed by atoms with Crippen LogP contribution in [0.4, 0.5) is 21.5 Å². The predicted molar refractivity (Wildman–Crippen MR) is 80.0 cm³/mol. The van der Waals surface area contributed by atoms with Gasteiger partial charge in [-0.15, -0.1) is 0 Å². The van der Waals surface area contributed by atoms with Crippen LogP contribution in [-0.2, 0) is 0 Å². The van der Waals surface area contributed by atoms with Crippen LogP contribution >= 0.6 is 11.6 Å². The van der Waals surface area contributed by atoms with E-state index in [4.69, 9.17) is 23.1 Å². The zero-order chi connectivity index (χ0) is 13.8. The Morgan fingerprint density at radius 3 is 2.26 bits per heavy atom. The Balaban J connectivity index is 2.15. The van der Waals surface area contributed by atoms with Gasteiger partial charge >= 0.3 is 0 Å². The first-order valence-corrected chi connectivity index (χ1v) is 7.27. The number of rotatable bonds is 2.